The Hall–Kier alpha value is -1.84. The van der Waals surface area contributed by atoms with Crippen molar-refractivity contribution < 1.29 is 8.78 Å². The molecule has 0 aliphatic carbocycles. The monoisotopic (exact) mass is 194 g/mol. The maximum absolute atomic E-state index is 13.3. The standard InChI is InChI=1S/C10H8F2N2/c11-9-7-4-6(13)2-1-5(7)3-8(14)10(9)12/h1-4H,13-14H2. The summed E-state index contributed by atoms with van der Waals surface area (Å²) in [7, 11) is 0. The summed E-state index contributed by atoms with van der Waals surface area (Å²) < 4.78 is 26.4. The van der Waals surface area contributed by atoms with Gasteiger partial charge in [0.25, 0.3) is 0 Å². The van der Waals surface area contributed by atoms with Crippen molar-refractivity contribution in [3.63, 3.8) is 0 Å². The number of anilines is 2. The van der Waals surface area contributed by atoms with E-state index in [1.54, 1.807) is 12.1 Å². The normalized spacial score (nSPS) is 10.7. The first-order chi connectivity index (χ1) is 6.59. The van der Waals surface area contributed by atoms with Crippen molar-refractivity contribution in [1.82, 2.24) is 0 Å². The van der Waals surface area contributed by atoms with Crippen molar-refractivity contribution in [1.29, 1.82) is 0 Å². The van der Waals surface area contributed by atoms with Gasteiger partial charge in [-0.25, -0.2) is 8.78 Å². The number of benzene rings is 2. The highest BCUT2D eigenvalue weighted by Gasteiger charge is 2.10. The van der Waals surface area contributed by atoms with Crippen LogP contribution in [-0.4, -0.2) is 0 Å². The molecular formula is C10H8F2N2. The zero-order valence-electron chi connectivity index (χ0n) is 7.22. The number of rotatable bonds is 0. The first-order valence-corrected chi connectivity index (χ1v) is 4.02. The number of fused-ring (bicyclic) bond motifs is 1. The van der Waals surface area contributed by atoms with E-state index in [2.05, 4.69) is 0 Å². The molecule has 0 aromatic heterocycles. The largest absolute Gasteiger partial charge is 0.399 e. The average Bonchev–Trinajstić information content (AvgIpc) is 2.16. The SMILES string of the molecule is Nc1ccc2cc(N)c(F)c(F)c2c1. The van der Waals surface area contributed by atoms with Crippen LogP contribution in [0.25, 0.3) is 10.8 Å². The molecule has 0 bridgehead atoms. The van der Waals surface area contributed by atoms with Gasteiger partial charge in [0, 0.05) is 11.1 Å². The fraction of sp³-hybridized carbons (Fsp3) is 0. The van der Waals surface area contributed by atoms with Gasteiger partial charge in [-0.3, -0.25) is 0 Å². The first kappa shape index (κ1) is 8.74. The lowest BCUT2D eigenvalue weighted by atomic mass is 10.1. The number of hydrogen-bond donors (Lipinski definition) is 2. The zero-order valence-corrected chi connectivity index (χ0v) is 7.22. The Bertz CT molecular complexity index is 509. The van der Waals surface area contributed by atoms with Crippen LogP contribution in [0.15, 0.2) is 24.3 Å². The molecule has 0 saturated heterocycles. The van der Waals surface area contributed by atoms with E-state index in [0.29, 0.717) is 11.1 Å². The van der Waals surface area contributed by atoms with Crippen LogP contribution in [-0.2, 0) is 0 Å². The third-order valence-corrected chi connectivity index (χ3v) is 2.07. The fourth-order valence-electron chi connectivity index (χ4n) is 1.37. The Kier molecular flexibility index (Phi) is 1.77. The van der Waals surface area contributed by atoms with Gasteiger partial charge in [0.2, 0.25) is 0 Å². The van der Waals surface area contributed by atoms with Gasteiger partial charge in [-0.05, 0) is 23.6 Å². The molecule has 0 aliphatic rings. The maximum Gasteiger partial charge on any atom is 0.182 e. The minimum atomic E-state index is -1.02. The van der Waals surface area contributed by atoms with Gasteiger partial charge in [-0.15, -0.1) is 0 Å². The number of halogens is 2. The molecule has 0 fully saturated rings. The number of nitrogens with two attached hydrogens (primary N) is 2. The van der Waals surface area contributed by atoms with Gasteiger partial charge in [0.15, 0.2) is 11.6 Å². The topological polar surface area (TPSA) is 52.0 Å². The molecule has 14 heavy (non-hydrogen) atoms. The predicted molar refractivity (Wildman–Crippen MR) is 52.7 cm³/mol. The molecular weight excluding hydrogens is 186 g/mol. The van der Waals surface area contributed by atoms with Gasteiger partial charge in [0.05, 0.1) is 5.69 Å². The molecule has 2 aromatic rings. The zero-order chi connectivity index (χ0) is 10.3. The van der Waals surface area contributed by atoms with Crippen molar-refractivity contribution in [2.24, 2.45) is 0 Å². The summed E-state index contributed by atoms with van der Waals surface area (Å²) in [4.78, 5) is 0. The molecule has 0 heterocycles. The Labute approximate surface area is 79.1 Å². The van der Waals surface area contributed by atoms with Crippen LogP contribution in [0.2, 0.25) is 0 Å². The van der Waals surface area contributed by atoms with Gasteiger partial charge in [-0.1, -0.05) is 6.07 Å². The van der Waals surface area contributed by atoms with Crippen molar-refractivity contribution >= 4 is 22.1 Å². The fourth-order valence-corrected chi connectivity index (χ4v) is 1.37. The smallest absolute Gasteiger partial charge is 0.182 e. The minimum Gasteiger partial charge on any atom is -0.399 e. The van der Waals surface area contributed by atoms with Gasteiger partial charge in [-0.2, -0.15) is 0 Å². The summed E-state index contributed by atoms with van der Waals surface area (Å²) in [5.41, 5.74) is 10.9. The first-order valence-electron chi connectivity index (χ1n) is 4.02. The summed E-state index contributed by atoms with van der Waals surface area (Å²) in [5, 5.41) is 0.687. The van der Waals surface area contributed by atoms with E-state index in [4.69, 9.17) is 11.5 Å². The van der Waals surface area contributed by atoms with Crippen LogP contribution in [0.4, 0.5) is 20.2 Å². The van der Waals surface area contributed by atoms with Crippen LogP contribution in [0, 0.1) is 11.6 Å². The van der Waals surface area contributed by atoms with Crippen molar-refractivity contribution in [2.45, 2.75) is 0 Å². The quantitative estimate of drug-likeness (QED) is 0.632. The predicted octanol–water partition coefficient (Wildman–Crippen LogP) is 2.28. The van der Waals surface area contributed by atoms with Gasteiger partial charge >= 0.3 is 0 Å². The van der Waals surface area contributed by atoms with E-state index >= 15 is 0 Å². The second-order valence-corrected chi connectivity index (χ2v) is 3.07. The molecule has 2 aromatic carbocycles. The lowest BCUT2D eigenvalue weighted by molar-refractivity contribution is 0.520. The molecule has 72 valence electrons. The summed E-state index contributed by atoms with van der Waals surface area (Å²) >= 11 is 0. The molecule has 4 heteroatoms. The molecule has 0 saturated carbocycles. The highest BCUT2D eigenvalue weighted by atomic mass is 19.2. The van der Waals surface area contributed by atoms with E-state index < -0.39 is 11.6 Å². The van der Waals surface area contributed by atoms with E-state index in [1.165, 1.54) is 12.1 Å². The maximum atomic E-state index is 13.3. The number of hydrogen-bond acceptors (Lipinski definition) is 2. The Balaban J connectivity index is 2.92. The third-order valence-electron chi connectivity index (χ3n) is 2.07. The Morgan fingerprint density at radius 3 is 2.36 bits per heavy atom. The van der Waals surface area contributed by atoms with E-state index in [0.717, 1.165) is 0 Å². The van der Waals surface area contributed by atoms with Gasteiger partial charge in [0.1, 0.15) is 0 Å². The highest BCUT2D eigenvalue weighted by Crippen LogP contribution is 2.26. The molecule has 0 aliphatic heterocycles. The molecule has 0 unspecified atom stereocenters. The van der Waals surface area contributed by atoms with Crippen LogP contribution in [0.1, 0.15) is 0 Å². The summed E-state index contributed by atoms with van der Waals surface area (Å²) in [5.74, 6) is -1.98. The van der Waals surface area contributed by atoms with E-state index in [9.17, 15) is 8.78 Å². The molecule has 0 atom stereocenters. The molecule has 4 N–H and O–H groups in total. The van der Waals surface area contributed by atoms with Crippen LogP contribution in [0.3, 0.4) is 0 Å². The Morgan fingerprint density at radius 1 is 0.929 bits per heavy atom. The van der Waals surface area contributed by atoms with Crippen LogP contribution >= 0.6 is 0 Å². The minimum absolute atomic E-state index is 0.150. The van der Waals surface area contributed by atoms with Crippen molar-refractivity contribution in [3.05, 3.63) is 35.9 Å². The second kappa shape index (κ2) is 2.83. The second-order valence-electron chi connectivity index (χ2n) is 3.07. The molecule has 0 amide bonds. The van der Waals surface area contributed by atoms with Crippen LogP contribution < -0.4 is 11.5 Å². The highest BCUT2D eigenvalue weighted by molar-refractivity contribution is 5.88. The summed E-state index contributed by atoms with van der Waals surface area (Å²) in [6, 6.07) is 5.98. The Morgan fingerprint density at radius 2 is 1.64 bits per heavy atom. The average molecular weight is 194 g/mol. The van der Waals surface area contributed by atoms with Crippen LogP contribution in [0.5, 0.6) is 0 Å². The van der Waals surface area contributed by atoms with Crippen molar-refractivity contribution in [3.8, 4) is 0 Å². The third kappa shape index (κ3) is 1.16. The van der Waals surface area contributed by atoms with E-state index in [1.807, 2.05) is 0 Å². The summed E-state index contributed by atoms with van der Waals surface area (Å²) in [6.07, 6.45) is 0. The molecule has 0 radical (unpaired) electrons. The molecule has 2 nitrogen and oxygen atoms in total. The van der Waals surface area contributed by atoms with E-state index in [-0.39, 0.29) is 11.1 Å². The lowest BCUT2D eigenvalue weighted by Gasteiger charge is -2.04. The lowest BCUT2D eigenvalue weighted by Crippen LogP contribution is -1.96. The summed E-state index contributed by atoms with van der Waals surface area (Å²) in [6.45, 7) is 0. The van der Waals surface area contributed by atoms with Crippen molar-refractivity contribution in [2.75, 3.05) is 11.5 Å². The molecule has 2 rings (SSSR count). The number of nitrogen functional groups attached to an aromatic ring is 2. The molecule has 0 spiro atoms. The van der Waals surface area contributed by atoms with Gasteiger partial charge < -0.3 is 11.5 Å².